The second kappa shape index (κ2) is 13.1. The minimum atomic E-state index is -0.952. The molecule has 0 aliphatic carbocycles. The van der Waals surface area contributed by atoms with Gasteiger partial charge in [-0.25, -0.2) is 4.79 Å². The minimum Gasteiger partial charge on any atom is -0.444 e. The second-order valence-corrected chi connectivity index (χ2v) is 12.1. The molecule has 2 unspecified atom stereocenters. The third kappa shape index (κ3) is 8.84. The largest absolute Gasteiger partial charge is 0.444 e. The highest BCUT2D eigenvalue weighted by Gasteiger charge is 2.44. The molecule has 2 atom stereocenters. The fourth-order valence-electron chi connectivity index (χ4n) is 4.61. The molecule has 0 radical (unpaired) electrons. The van der Waals surface area contributed by atoms with E-state index < -0.39 is 29.3 Å². The van der Waals surface area contributed by atoms with E-state index in [1.807, 2.05) is 97.0 Å². The molecule has 2 rings (SSSR count). The summed E-state index contributed by atoms with van der Waals surface area (Å²) < 4.78 is 5.53. The van der Waals surface area contributed by atoms with Gasteiger partial charge >= 0.3 is 6.09 Å². The van der Waals surface area contributed by atoms with E-state index in [9.17, 15) is 14.4 Å². The van der Waals surface area contributed by atoms with Crippen molar-refractivity contribution in [2.24, 2.45) is 0 Å². The van der Waals surface area contributed by atoms with Crippen LogP contribution in [0.15, 0.2) is 48.5 Å². The van der Waals surface area contributed by atoms with Crippen LogP contribution in [0.2, 0.25) is 0 Å². The summed E-state index contributed by atoms with van der Waals surface area (Å²) in [7, 11) is 0. The number of alkyl carbamates (subject to hydrolysis) is 1. The Morgan fingerprint density at radius 2 is 1.44 bits per heavy atom. The zero-order chi connectivity index (χ0) is 29.5. The molecule has 0 heterocycles. The lowest BCUT2D eigenvalue weighted by Crippen LogP contribution is -2.60. The van der Waals surface area contributed by atoms with Crippen molar-refractivity contribution in [3.63, 3.8) is 0 Å². The summed E-state index contributed by atoms with van der Waals surface area (Å²) in [4.78, 5) is 43.2. The molecule has 3 amide bonds. The number of hydrogen-bond donors (Lipinski definition) is 2. The van der Waals surface area contributed by atoms with Crippen molar-refractivity contribution in [2.45, 2.75) is 111 Å². The number of nitrogens with one attached hydrogen (secondary N) is 2. The Morgan fingerprint density at radius 3 is 1.92 bits per heavy atom. The van der Waals surface area contributed by atoms with Crippen LogP contribution < -0.4 is 10.6 Å². The molecule has 39 heavy (non-hydrogen) atoms. The predicted molar refractivity (Wildman–Crippen MR) is 156 cm³/mol. The zero-order valence-electron chi connectivity index (χ0n) is 25.3. The summed E-state index contributed by atoms with van der Waals surface area (Å²) in [6.07, 6.45) is 0.168. The number of aryl methyl sites for hydroxylation is 2. The van der Waals surface area contributed by atoms with Crippen molar-refractivity contribution in [1.82, 2.24) is 15.5 Å². The molecule has 214 valence electrons. The molecule has 2 aromatic rings. The molecule has 7 heteroatoms. The van der Waals surface area contributed by atoms with Crippen LogP contribution in [0, 0.1) is 13.8 Å². The highest BCUT2D eigenvalue weighted by Crippen LogP contribution is 2.35. The Morgan fingerprint density at radius 1 is 0.872 bits per heavy atom. The quantitative estimate of drug-likeness (QED) is 0.388. The van der Waals surface area contributed by atoms with Crippen LogP contribution in [0.3, 0.4) is 0 Å². The maximum atomic E-state index is 14.7. The second-order valence-electron chi connectivity index (χ2n) is 12.1. The Labute approximate surface area is 234 Å². The number of carbonyl (C=O) groups is 3. The first-order chi connectivity index (χ1) is 18.1. The number of benzene rings is 2. The molecular weight excluding hydrogens is 490 g/mol. The Hall–Kier alpha value is -3.35. The first-order valence-electron chi connectivity index (χ1n) is 13.8. The number of hydrogen-bond acceptors (Lipinski definition) is 4. The summed E-state index contributed by atoms with van der Waals surface area (Å²) in [5, 5.41) is 5.87. The minimum absolute atomic E-state index is 0.119. The summed E-state index contributed by atoms with van der Waals surface area (Å²) in [6.45, 7) is 19.0. The van der Waals surface area contributed by atoms with Crippen molar-refractivity contribution < 1.29 is 19.1 Å². The van der Waals surface area contributed by atoms with E-state index in [-0.39, 0.29) is 24.3 Å². The van der Waals surface area contributed by atoms with E-state index in [1.54, 1.807) is 25.7 Å². The van der Waals surface area contributed by atoms with Gasteiger partial charge in [-0.3, -0.25) is 9.59 Å². The summed E-state index contributed by atoms with van der Waals surface area (Å²) in [6, 6.07) is 13.4. The molecule has 7 nitrogen and oxygen atoms in total. The van der Waals surface area contributed by atoms with Crippen LogP contribution in [-0.2, 0) is 20.7 Å². The lowest BCUT2D eigenvalue weighted by molar-refractivity contribution is -0.149. The van der Waals surface area contributed by atoms with Crippen molar-refractivity contribution in [2.75, 3.05) is 0 Å². The van der Waals surface area contributed by atoms with E-state index in [4.69, 9.17) is 4.74 Å². The number of nitrogens with zero attached hydrogens (tertiary/aromatic N) is 1. The molecule has 2 N–H and O–H groups in total. The lowest BCUT2D eigenvalue weighted by atomic mass is 9.88. The summed E-state index contributed by atoms with van der Waals surface area (Å²) >= 11 is 0. The SMILES string of the molecule is CCC(C)(C)N(C(=O)C(Cc1ccccc1)NC(=O)OC(C)(C)C)C(C(=O)NC(C)C)c1c(C)cccc1C. The number of carbonyl (C=O) groups excluding carboxylic acids is 3. The van der Waals surface area contributed by atoms with Gasteiger partial charge in [0.2, 0.25) is 11.8 Å². The Balaban J connectivity index is 2.72. The van der Waals surface area contributed by atoms with Crippen LogP contribution in [0.25, 0.3) is 0 Å². The van der Waals surface area contributed by atoms with Crippen molar-refractivity contribution >= 4 is 17.9 Å². The first kappa shape index (κ1) is 31.9. The average molecular weight is 538 g/mol. The van der Waals surface area contributed by atoms with Crippen LogP contribution in [0.1, 0.15) is 90.1 Å². The Kier molecular flexibility index (Phi) is 10.7. The van der Waals surface area contributed by atoms with Crippen LogP contribution in [-0.4, -0.2) is 46.0 Å². The van der Waals surface area contributed by atoms with Gasteiger partial charge in [0.25, 0.3) is 0 Å². The van der Waals surface area contributed by atoms with Crippen LogP contribution >= 0.6 is 0 Å². The van der Waals surface area contributed by atoms with Gasteiger partial charge in [0.1, 0.15) is 17.7 Å². The van der Waals surface area contributed by atoms with Crippen molar-refractivity contribution in [3.8, 4) is 0 Å². The molecule has 0 saturated carbocycles. The van der Waals surface area contributed by atoms with Crippen molar-refractivity contribution in [1.29, 1.82) is 0 Å². The molecule has 0 saturated heterocycles. The molecule has 0 bridgehead atoms. The predicted octanol–water partition coefficient (Wildman–Crippen LogP) is 6.02. The van der Waals surface area contributed by atoms with E-state index in [1.165, 1.54) is 0 Å². The van der Waals surface area contributed by atoms with Crippen molar-refractivity contribution in [3.05, 3.63) is 70.8 Å². The third-order valence-corrected chi connectivity index (χ3v) is 6.78. The number of amides is 3. The van der Waals surface area contributed by atoms with E-state index in [0.717, 1.165) is 22.3 Å². The molecule has 0 aliphatic rings. The van der Waals surface area contributed by atoms with Gasteiger partial charge in [0.15, 0.2) is 0 Å². The monoisotopic (exact) mass is 537 g/mol. The molecular formula is C32H47N3O4. The van der Waals surface area contributed by atoms with Gasteiger partial charge < -0.3 is 20.3 Å². The van der Waals surface area contributed by atoms with E-state index >= 15 is 0 Å². The number of rotatable bonds is 10. The van der Waals surface area contributed by atoms with E-state index in [2.05, 4.69) is 10.6 Å². The van der Waals surface area contributed by atoms with Crippen LogP contribution in [0.4, 0.5) is 4.79 Å². The van der Waals surface area contributed by atoms with Gasteiger partial charge in [-0.1, -0.05) is 55.5 Å². The van der Waals surface area contributed by atoms with Gasteiger partial charge in [-0.05, 0) is 91.0 Å². The molecule has 0 aromatic heterocycles. The normalized spacial score (nSPS) is 13.4. The molecule has 2 aromatic carbocycles. The summed E-state index contributed by atoms with van der Waals surface area (Å²) in [5.41, 5.74) is 2.07. The molecule has 0 aliphatic heterocycles. The van der Waals surface area contributed by atoms with Gasteiger partial charge in [0.05, 0.1) is 0 Å². The zero-order valence-corrected chi connectivity index (χ0v) is 25.3. The maximum absolute atomic E-state index is 14.7. The number of ether oxygens (including phenoxy) is 1. The highest BCUT2D eigenvalue weighted by atomic mass is 16.6. The average Bonchev–Trinajstić information content (AvgIpc) is 2.81. The smallest absolute Gasteiger partial charge is 0.408 e. The highest BCUT2D eigenvalue weighted by molar-refractivity contribution is 5.93. The topological polar surface area (TPSA) is 87.7 Å². The molecule has 0 fully saturated rings. The summed E-state index contributed by atoms with van der Waals surface area (Å²) in [5.74, 6) is -0.601. The van der Waals surface area contributed by atoms with Gasteiger partial charge in [-0.15, -0.1) is 0 Å². The fourth-order valence-corrected chi connectivity index (χ4v) is 4.61. The standard InChI is InChI=1S/C32H47N3O4/c1-11-32(9,10)35(27(28(36)33-21(2)3)26-22(4)16-15-17-23(26)5)29(37)25(20-24-18-13-12-14-19-24)34-30(38)39-31(6,7)8/h12-19,21,25,27H,11,20H2,1-10H3,(H,33,36)(H,34,38). The third-order valence-electron chi connectivity index (χ3n) is 6.78. The first-order valence-corrected chi connectivity index (χ1v) is 13.8. The van der Waals surface area contributed by atoms with Gasteiger partial charge in [-0.2, -0.15) is 0 Å². The lowest BCUT2D eigenvalue weighted by Gasteiger charge is -2.45. The van der Waals surface area contributed by atoms with Gasteiger partial charge in [0, 0.05) is 18.0 Å². The maximum Gasteiger partial charge on any atom is 0.408 e. The molecule has 0 spiro atoms. The Bertz CT molecular complexity index is 1120. The fraction of sp³-hybridized carbons (Fsp3) is 0.531. The van der Waals surface area contributed by atoms with Crippen LogP contribution in [0.5, 0.6) is 0 Å². The van der Waals surface area contributed by atoms with E-state index in [0.29, 0.717) is 6.42 Å².